The van der Waals surface area contributed by atoms with E-state index in [1.165, 1.54) is 25.7 Å². The molecule has 1 rings (SSSR count). The summed E-state index contributed by atoms with van der Waals surface area (Å²) in [6.45, 7) is 8.19. The molecule has 0 saturated heterocycles. The minimum atomic E-state index is -0.990. The van der Waals surface area contributed by atoms with E-state index in [9.17, 15) is 9.90 Å². The van der Waals surface area contributed by atoms with Gasteiger partial charge in [0.1, 0.15) is 0 Å². The highest BCUT2D eigenvalue weighted by Crippen LogP contribution is 2.39. The lowest BCUT2D eigenvalue weighted by atomic mass is 10.1. The Labute approximate surface area is 183 Å². The van der Waals surface area contributed by atoms with Crippen molar-refractivity contribution in [1.82, 2.24) is 0 Å². The van der Waals surface area contributed by atoms with Crippen LogP contribution in [-0.4, -0.2) is 30.9 Å². The molecule has 0 aliphatic rings. The number of rotatable bonds is 19. The molecule has 0 aliphatic carbocycles. The van der Waals surface area contributed by atoms with E-state index >= 15 is 0 Å². The molecule has 0 atom stereocenters. The second kappa shape index (κ2) is 16.8. The van der Waals surface area contributed by atoms with Crippen LogP contribution in [0.5, 0.6) is 17.2 Å². The Balaban J connectivity index is 2.91. The Kier molecular flexibility index (Phi) is 14.7. The van der Waals surface area contributed by atoms with E-state index in [0.29, 0.717) is 37.1 Å². The summed E-state index contributed by atoms with van der Waals surface area (Å²) in [6.07, 6.45) is 13.2. The molecule has 0 heterocycles. The summed E-state index contributed by atoms with van der Waals surface area (Å²) in [5.41, 5.74) is 0.167. The van der Waals surface area contributed by atoms with Crippen LogP contribution in [0.3, 0.4) is 0 Å². The first-order valence-corrected chi connectivity index (χ1v) is 11.9. The highest BCUT2D eigenvalue weighted by atomic mass is 16.5. The number of carbonyl (C=O) groups is 1. The molecule has 5 nitrogen and oxygen atoms in total. The molecule has 5 heteroatoms. The molecule has 1 aromatic carbocycles. The fourth-order valence-corrected chi connectivity index (χ4v) is 3.18. The number of ether oxygens (including phenoxy) is 3. The smallest absolute Gasteiger partial charge is 0.335 e. The van der Waals surface area contributed by atoms with E-state index in [4.69, 9.17) is 14.2 Å². The summed E-state index contributed by atoms with van der Waals surface area (Å²) >= 11 is 0. The maximum Gasteiger partial charge on any atom is 0.335 e. The first-order valence-electron chi connectivity index (χ1n) is 11.9. The number of carboxylic acid groups (broad SMARTS) is 1. The van der Waals surface area contributed by atoms with Gasteiger partial charge in [-0.3, -0.25) is 0 Å². The molecule has 1 aromatic rings. The lowest BCUT2D eigenvalue weighted by Crippen LogP contribution is -2.08. The van der Waals surface area contributed by atoms with Gasteiger partial charge in [0.15, 0.2) is 11.5 Å². The monoisotopic (exact) mass is 422 g/mol. The molecule has 0 amide bonds. The van der Waals surface area contributed by atoms with E-state index in [0.717, 1.165) is 51.4 Å². The molecule has 0 aliphatic heterocycles. The first-order chi connectivity index (χ1) is 14.6. The summed E-state index contributed by atoms with van der Waals surface area (Å²) < 4.78 is 18.0. The average Bonchev–Trinajstić information content (AvgIpc) is 2.74. The average molecular weight is 423 g/mol. The van der Waals surface area contributed by atoms with E-state index in [1.807, 2.05) is 0 Å². The highest BCUT2D eigenvalue weighted by Gasteiger charge is 2.18. The molecule has 172 valence electrons. The second-order valence-electron chi connectivity index (χ2n) is 7.83. The molecular formula is C25H42O5. The SMILES string of the molecule is CCCCCCOc1cc(C(=O)O)cc(OCCCCCC)c1OCCCCCC. The van der Waals surface area contributed by atoms with Gasteiger partial charge in [0.05, 0.1) is 25.4 Å². The van der Waals surface area contributed by atoms with Gasteiger partial charge in [0.2, 0.25) is 5.75 Å². The summed E-state index contributed by atoms with van der Waals surface area (Å²) in [5.74, 6) is 0.509. The van der Waals surface area contributed by atoms with Crippen LogP contribution in [0.2, 0.25) is 0 Å². The van der Waals surface area contributed by atoms with Gasteiger partial charge in [-0.25, -0.2) is 4.79 Å². The van der Waals surface area contributed by atoms with Gasteiger partial charge >= 0.3 is 5.97 Å². The fourth-order valence-electron chi connectivity index (χ4n) is 3.18. The van der Waals surface area contributed by atoms with Crippen molar-refractivity contribution in [3.8, 4) is 17.2 Å². The minimum absolute atomic E-state index is 0.167. The predicted molar refractivity (Wildman–Crippen MR) is 122 cm³/mol. The molecule has 0 bridgehead atoms. The van der Waals surface area contributed by atoms with Crippen LogP contribution in [0.4, 0.5) is 0 Å². The molecule has 0 unspecified atom stereocenters. The van der Waals surface area contributed by atoms with Gasteiger partial charge in [-0.2, -0.15) is 0 Å². The summed E-state index contributed by atoms with van der Waals surface area (Å²) in [7, 11) is 0. The lowest BCUT2D eigenvalue weighted by Gasteiger charge is -2.18. The van der Waals surface area contributed by atoms with Crippen LogP contribution in [-0.2, 0) is 0 Å². The van der Waals surface area contributed by atoms with Crippen LogP contribution in [0, 0.1) is 0 Å². The van der Waals surface area contributed by atoms with Crippen molar-refractivity contribution in [2.24, 2.45) is 0 Å². The van der Waals surface area contributed by atoms with Crippen LogP contribution in [0.25, 0.3) is 0 Å². The van der Waals surface area contributed by atoms with Gasteiger partial charge < -0.3 is 19.3 Å². The zero-order chi connectivity index (χ0) is 22.0. The highest BCUT2D eigenvalue weighted by molar-refractivity contribution is 5.89. The molecule has 0 radical (unpaired) electrons. The third-order valence-corrected chi connectivity index (χ3v) is 5.02. The van der Waals surface area contributed by atoms with Crippen molar-refractivity contribution in [2.75, 3.05) is 19.8 Å². The standard InChI is InChI=1S/C25H42O5/c1-4-7-10-13-16-28-22-19-21(25(26)27)20-23(29-17-14-11-8-5-2)24(22)30-18-15-12-9-6-3/h19-20H,4-18H2,1-3H3,(H,26,27). The minimum Gasteiger partial charge on any atom is -0.490 e. The lowest BCUT2D eigenvalue weighted by molar-refractivity contribution is 0.0695. The Hall–Kier alpha value is -1.91. The number of aromatic carboxylic acids is 1. The topological polar surface area (TPSA) is 65.0 Å². The zero-order valence-electron chi connectivity index (χ0n) is 19.3. The maximum absolute atomic E-state index is 11.6. The first kappa shape index (κ1) is 26.1. The van der Waals surface area contributed by atoms with Crippen LogP contribution < -0.4 is 14.2 Å². The Morgan fingerprint density at radius 3 is 1.43 bits per heavy atom. The molecule has 1 N–H and O–H groups in total. The molecule has 0 fully saturated rings. The Morgan fingerprint density at radius 1 is 0.667 bits per heavy atom. The molecular weight excluding hydrogens is 380 g/mol. The molecule has 0 saturated carbocycles. The number of hydrogen-bond acceptors (Lipinski definition) is 4. The van der Waals surface area contributed by atoms with E-state index in [2.05, 4.69) is 20.8 Å². The third kappa shape index (κ3) is 10.7. The number of unbranched alkanes of at least 4 members (excludes halogenated alkanes) is 9. The van der Waals surface area contributed by atoms with Crippen molar-refractivity contribution in [3.63, 3.8) is 0 Å². The van der Waals surface area contributed by atoms with Crippen molar-refractivity contribution in [2.45, 2.75) is 97.8 Å². The van der Waals surface area contributed by atoms with Crippen molar-refractivity contribution >= 4 is 5.97 Å². The Morgan fingerprint density at radius 2 is 1.07 bits per heavy atom. The van der Waals surface area contributed by atoms with E-state index < -0.39 is 5.97 Å². The van der Waals surface area contributed by atoms with Crippen LogP contribution >= 0.6 is 0 Å². The number of hydrogen-bond donors (Lipinski definition) is 1. The predicted octanol–water partition coefficient (Wildman–Crippen LogP) is 7.26. The Bertz CT molecular complexity index is 550. The fraction of sp³-hybridized carbons (Fsp3) is 0.720. The van der Waals surface area contributed by atoms with Gasteiger partial charge in [-0.15, -0.1) is 0 Å². The van der Waals surface area contributed by atoms with Crippen molar-refractivity contribution in [1.29, 1.82) is 0 Å². The van der Waals surface area contributed by atoms with Gasteiger partial charge in [-0.05, 0) is 31.4 Å². The van der Waals surface area contributed by atoms with Gasteiger partial charge in [0.25, 0.3) is 0 Å². The van der Waals surface area contributed by atoms with E-state index in [-0.39, 0.29) is 5.56 Å². The molecule has 0 spiro atoms. The zero-order valence-corrected chi connectivity index (χ0v) is 19.3. The summed E-state index contributed by atoms with van der Waals surface area (Å²) in [6, 6.07) is 3.13. The molecule has 30 heavy (non-hydrogen) atoms. The van der Waals surface area contributed by atoms with Crippen LogP contribution in [0.1, 0.15) is 108 Å². The second-order valence-corrected chi connectivity index (χ2v) is 7.83. The van der Waals surface area contributed by atoms with Crippen molar-refractivity contribution in [3.05, 3.63) is 17.7 Å². The van der Waals surface area contributed by atoms with Gasteiger partial charge in [0, 0.05) is 0 Å². The van der Waals surface area contributed by atoms with Gasteiger partial charge in [-0.1, -0.05) is 78.6 Å². The third-order valence-electron chi connectivity index (χ3n) is 5.02. The number of carboxylic acids is 1. The largest absolute Gasteiger partial charge is 0.490 e. The normalized spacial score (nSPS) is 10.8. The molecule has 0 aromatic heterocycles. The van der Waals surface area contributed by atoms with E-state index in [1.54, 1.807) is 12.1 Å². The van der Waals surface area contributed by atoms with Crippen LogP contribution in [0.15, 0.2) is 12.1 Å². The summed E-state index contributed by atoms with van der Waals surface area (Å²) in [5, 5.41) is 9.53. The summed E-state index contributed by atoms with van der Waals surface area (Å²) in [4.78, 5) is 11.6. The quantitative estimate of drug-likeness (QED) is 0.238. The maximum atomic E-state index is 11.6. The van der Waals surface area contributed by atoms with Crippen molar-refractivity contribution < 1.29 is 24.1 Å². The number of benzene rings is 1.